The van der Waals surface area contributed by atoms with Crippen LogP contribution in [-0.2, 0) is 26.2 Å². The molecule has 0 spiro atoms. The van der Waals surface area contributed by atoms with Crippen LogP contribution in [0.5, 0.6) is 0 Å². The second-order valence-corrected chi connectivity index (χ2v) is 10.6. The fourth-order valence-electron chi connectivity index (χ4n) is 3.41. The Kier molecular flexibility index (Phi) is 9.90. The summed E-state index contributed by atoms with van der Waals surface area (Å²) in [4.78, 5) is 35.2. The number of primary amides is 1. The Morgan fingerprint density at radius 2 is 1.52 bits per heavy atom. The van der Waals surface area contributed by atoms with E-state index in [0.29, 0.717) is 16.9 Å². The normalized spacial score (nSPS) is 10.7. The summed E-state index contributed by atoms with van der Waals surface area (Å²) >= 11 is 0. The molecule has 4 aromatic rings. The maximum Gasteiger partial charge on any atom is 0.313 e. The number of benzene rings is 3. The van der Waals surface area contributed by atoms with Gasteiger partial charge in [-0.2, -0.15) is 0 Å². The van der Waals surface area contributed by atoms with Gasteiger partial charge in [-0.05, 0) is 72.5 Å². The molecule has 0 aliphatic rings. The third-order valence-electron chi connectivity index (χ3n) is 5.49. The number of anilines is 2. The van der Waals surface area contributed by atoms with Crippen molar-refractivity contribution >= 4 is 39.1 Å². The number of hydrogen-bond donors (Lipinski definition) is 4. The highest BCUT2D eigenvalue weighted by Crippen LogP contribution is 2.27. The summed E-state index contributed by atoms with van der Waals surface area (Å²) in [7, 11) is -3.28. The Balaban J connectivity index is 0.000000649. The quantitative estimate of drug-likeness (QED) is 0.249. The number of sulfonamides is 1. The van der Waals surface area contributed by atoms with E-state index in [0.717, 1.165) is 34.3 Å². The molecule has 12 heteroatoms. The van der Waals surface area contributed by atoms with Crippen LogP contribution < -0.4 is 21.1 Å². The van der Waals surface area contributed by atoms with Gasteiger partial charge in [0.15, 0.2) is 0 Å². The van der Waals surface area contributed by atoms with Crippen LogP contribution in [0.15, 0.2) is 83.5 Å². The molecule has 3 aromatic carbocycles. The van der Waals surface area contributed by atoms with Gasteiger partial charge in [0.05, 0.1) is 12.5 Å². The smallest absolute Gasteiger partial charge is 0.313 e. The molecule has 1 heterocycles. The van der Waals surface area contributed by atoms with Gasteiger partial charge in [-0.15, -0.1) is 0 Å². The number of aromatic nitrogens is 1. The Labute approximate surface area is 231 Å². The van der Waals surface area contributed by atoms with Crippen molar-refractivity contribution in [1.29, 1.82) is 0 Å². The minimum atomic E-state index is -3.28. The summed E-state index contributed by atoms with van der Waals surface area (Å²) in [5.41, 5.74) is 9.80. The molecule has 0 unspecified atom stereocenters. The van der Waals surface area contributed by atoms with Crippen molar-refractivity contribution in [3.8, 4) is 11.1 Å². The Morgan fingerprint density at radius 1 is 0.875 bits per heavy atom. The topological polar surface area (TPSA) is 173 Å². The first-order valence-corrected chi connectivity index (χ1v) is 13.8. The van der Waals surface area contributed by atoms with E-state index in [2.05, 4.69) is 25.0 Å². The third-order valence-corrected chi connectivity index (χ3v) is 6.16. The molecule has 0 bridgehead atoms. The maximum absolute atomic E-state index is 12.6. The number of rotatable bonds is 7. The van der Waals surface area contributed by atoms with E-state index in [4.69, 9.17) is 5.73 Å². The van der Waals surface area contributed by atoms with Gasteiger partial charge in [0.1, 0.15) is 5.76 Å². The Morgan fingerprint density at radius 3 is 2.05 bits per heavy atom. The molecular weight excluding hydrogens is 534 g/mol. The molecule has 0 fully saturated rings. The first-order chi connectivity index (χ1) is 18.9. The number of nitrogens with one attached hydrogen (secondary N) is 3. The number of nitrogens with zero attached hydrogens (tertiary/aromatic N) is 1. The third kappa shape index (κ3) is 9.19. The molecule has 40 heavy (non-hydrogen) atoms. The zero-order valence-electron chi connectivity index (χ0n) is 22.1. The van der Waals surface area contributed by atoms with Crippen molar-refractivity contribution in [3.05, 3.63) is 101 Å². The van der Waals surface area contributed by atoms with Gasteiger partial charge < -0.3 is 20.9 Å². The van der Waals surface area contributed by atoms with Gasteiger partial charge in [0.25, 0.3) is 5.91 Å². The molecule has 0 aliphatic heterocycles. The molecule has 3 amide bonds. The molecule has 0 saturated carbocycles. The summed E-state index contributed by atoms with van der Waals surface area (Å²) in [6, 6.07) is 20.8. The zero-order chi connectivity index (χ0) is 29.3. The van der Waals surface area contributed by atoms with E-state index in [-0.39, 0.29) is 12.5 Å². The lowest BCUT2D eigenvalue weighted by Crippen LogP contribution is -2.29. The van der Waals surface area contributed by atoms with Crippen LogP contribution >= 0.6 is 0 Å². The molecule has 208 valence electrons. The summed E-state index contributed by atoms with van der Waals surface area (Å²) in [5.74, 6) is -1.41. The number of amides is 3. The van der Waals surface area contributed by atoms with Crippen LogP contribution in [0.25, 0.3) is 11.1 Å². The number of aryl methyl sites for hydroxylation is 2. The minimum Gasteiger partial charge on any atom is -0.362 e. The molecule has 0 aliphatic carbocycles. The number of carbonyl (C=O) groups is 3. The summed E-state index contributed by atoms with van der Waals surface area (Å²) in [6.45, 7) is 3.93. The molecular formula is C28H29N5O6S. The van der Waals surface area contributed by atoms with E-state index in [1.165, 1.54) is 0 Å². The summed E-state index contributed by atoms with van der Waals surface area (Å²) in [6.07, 6.45) is 2.71. The first-order valence-electron chi connectivity index (χ1n) is 12.0. The number of hydrogen-bond acceptors (Lipinski definition) is 7. The van der Waals surface area contributed by atoms with Crippen molar-refractivity contribution in [2.75, 3.05) is 16.9 Å². The molecule has 1 aromatic heterocycles. The van der Waals surface area contributed by atoms with Crippen molar-refractivity contribution < 1.29 is 27.3 Å². The van der Waals surface area contributed by atoms with Crippen molar-refractivity contribution in [3.63, 3.8) is 0 Å². The highest BCUT2D eigenvalue weighted by molar-refractivity contribution is 7.88. The van der Waals surface area contributed by atoms with Gasteiger partial charge in [-0.25, -0.2) is 13.1 Å². The average Bonchev–Trinajstić information content (AvgIpc) is 3.40. The van der Waals surface area contributed by atoms with E-state index in [9.17, 15) is 22.8 Å². The fraction of sp³-hybridized carbons (Fsp3) is 0.143. The maximum atomic E-state index is 12.6. The van der Waals surface area contributed by atoms with Crippen LogP contribution in [0.2, 0.25) is 0 Å². The molecule has 4 rings (SSSR count). The zero-order valence-corrected chi connectivity index (χ0v) is 22.9. The van der Waals surface area contributed by atoms with Gasteiger partial charge in [0.2, 0.25) is 10.0 Å². The van der Waals surface area contributed by atoms with Gasteiger partial charge in [-0.3, -0.25) is 14.4 Å². The molecule has 0 radical (unpaired) electrons. The second kappa shape index (κ2) is 13.3. The Hall–Kier alpha value is -4.81. The fourth-order valence-corrected chi connectivity index (χ4v) is 3.84. The Bertz CT molecular complexity index is 1580. The second-order valence-electron chi connectivity index (χ2n) is 8.79. The largest absolute Gasteiger partial charge is 0.362 e. The van der Waals surface area contributed by atoms with Crippen LogP contribution in [0.4, 0.5) is 11.4 Å². The van der Waals surface area contributed by atoms with Gasteiger partial charge >= 0.3 is 11.8 Å². The van der Waals surface area contributed by atoms with Crippen molar-refractivity contribution in [1.82, 2.24) is 9.88 Å². The minimum absolute atomic E-state index is 0.168. The van der Waals surface area contributed by atoms with E-state index in [1.54, 1.807) is 72.9 Å². The van der Waals surface area contributed by atoms with Gasteiger partial charge in [-0.1, -0.05) is 35.5 Å². The van der Waals surface area contributed by atoms with Crippen LogP contribution in [-0.4, -0.2) is 37.6 Å². The van der Waals surface area contributed by atoms with E-state index in [1.807, 2.05) is 19.9 Å². The standard InChI is InChI=1S/C24H24N4O5S.C4H5NO/c1-15-3-10-20(28-24(31)22(25)29)13-21(15)17-6-8-18(9-7-17)23(30)27-19-11-4-16(5-12-19)14-26-34(2,32)33;1-4-2-3-5-6-4/h3-13,26H,14H2,1-2H3,(H2,25,29)(H,27,30)(H,28,31);2-3H,1H3. The lowest BCUT2D eigenvalue weighted by Gasteiger charge is -2.11. The van der Waals surface area contributed by atoms with Crippen LogP contribution in [0.1, 0.15) is 27.2 Å². The first kappa shape index (κ1) is 29.7. The SMILES string of the molecule is Cc1ccc(NC(=O)C(N)=O)cc1-c1ccc(C(=O)Nc2ccc(CNS(C)(=O)=O)cc2)cc1.Cc1ccno1. The van der Waals surface area contributed by atoms with Crippen molar-refractivity contribution in [2.24, 2.45) is 5.73 Å². The van der Waals surface area contributed by atoms with Gasteiger partial charge in [0, 0.05) is 29.5 Å². The lowest BCUT2D eigenvalue weighted by atomic mass is 9.98. The monoisotopic (exact) mass is 563 g/mol. The van der Waals surface area contributed by atoms with Crippen molar-refractivity contribution in [2.45, 2.75) is 20.4 Å². The molecule has 0 saturated heterocycles. The number of nitrogens with two attached hydrogens (primary N) is 1. The molecule has 0 atom stereocenters. The molecule has 5 N–H and O–H groups in total. The van der Waals surface area contributed by atoms with E-state index >= 15 is 0 Å². The lowest BCUT2D eigenvalue weighted by molar-refractivity contribution is -0.134. The number of carbonyl (C=O) groups excluding carboxylic acids is 3. The molecule has 11 nitrogen and oxygen atoms in total. The summed E-state index contributed by atoms with van der Waals surface area (Å²) in [5, 5.41) is 8.69. The highest BCUT2D eigenvalue weighted by Gasteiger charge is 2.12. The highest BCUT2D eigenvalue weighted by atomic mass is 32.2. The van der Waals surface area contributed by atoms with Crippen LogP contribution in [0.3, 0.4) is 0 Å². The average molecular weight is 564 g/mol. The van der Waals surface area contributed by atoms with Crippen LogP contribution in [0, 0.1) is 13.8 Å². The van der Waals surface area contributed by atoms with E-state index < -0.39 is 21.8 Å². The predicted molar refractivity (Wildman–Crippen MR) is 152 cm³/mol. The summed E-state index contributed by atoms with van der Waals surface area (Å²) < 4.78 is 29.4. The predicted octanol–water partition coefficient (Wildman–Crippen LogP) is 3.37.